The maximum absolute atomic E-state index is 13.3. The van der Waals surface area contributed by atoms with Crippen molar-refractivity contribution in [3.63, 3.8) is 0 Å². The van der Waals surface area contributed by atoms with Crippen molar-refractivity contribution in [2.45, 2.75) is 0 Å². The third kappa shape index (κ3) is 4.50. The average Bonchev–Trinajstić information content (AvgIpc) is 2.68. The Labute approximate surface area is 153 Å². The number of hydrogen-bond acceptors (Lipinski definition) is 8. The Balaban J connectivity index is 2.01. The standard InChI is InChI=1S/C17H15FN6O3/c18-11-4-5-13(15(9-11)24(26)27)21-16-10-14(12-3-1-2-6-19-12)22-17(23-16)20-7-8-25/h1-6,9-10,25H,7-8H2,(H2,20,21,22,23). The Kier molecular flexibility index (Phi) is 5.47. The summed E-state index contributed by atoms with van der Waals surface area (Å²) in [7, 11) is 0. The summed E-state index contributed by atoms with van der Waals surface area (Å²) in [6.45, 7) is 0.102. The van der Waals surface area contributed by atoms with E-state index in [1.54, 1.807) is 30.5 Å². The second-order valence-electron chi connectivity index (χ2n) is 5.37. The van der Waals surface area contributed by atoms with Gasteiger partial charge >= 0.3 is 0 Å². The largest absolute Gasteiger partial charge is 0.395 e. The Morgan fingerprint density at radius 1 is 1.15 bits per heavy atom. The van der Waals surface area contributed by atoms with Crippen LogP contribution in [-0.2, 0) is 0 Å². The highest BCUT2D eigenvalue weighted by atomic mass is 19.1. The van der Waals surface area contributed by atoms with E-state index in [4.69, 9.17) is 5.11 Å². The second-order valence-corrected chi connectivity index (χ2v) is 5.37. The van der Waals surface area contributed by atoms with Gasteiger partial charge in [-0.25, -0.2) is 9.37 Å². The van der Waals surface area contributed by atoms with E-state index in [1.807, 2.05) is 0 Å². The van der Waals surface area contributed by atoms with Gasteiger partial charge in [-0.2, -0.15) is 4.98 Å². The van der Waals surface area contributed by atoms with E-state index in [9.17, 15) is 14.5 Å². The number of nitrogens with one attached hydrogen (secondary N) is 2. The van der Waals surface area contributed by atoms with Gasteiger partial charge in [-0.1, -0.05) is 6.07 Å². The molecule has 0 saturated heterocycles. The third-order valence-corrected chi connectivity index (χ3v) is 3.47. The number of rotatable bonds is 7. The smallest absolute Gasteiger partial charge is 0.295 e. The highest BCUT2D eigenvalue weighted by molar-refractivity contribution is 5.70. The molecular weight excluding hydrogens is 355 g/mol. The molecule has 0 aliphatic rings. The lowest BCUT2D eigenvalue weighted by Crippen LogP contribution is -2.10. The van der Waals surface area contributed by atoms with Crippen LogP contribution in [0.25, 0.3) is 11.4 Å². The van der Waals surface area contributed by atoms with Crippen LogP contribution in [0.4, 0.5) is 27.5 Å². The SMILES string of the molecule is O=[N+]([O-])c1cc(F)ccc1Nc1cc(-c2ccccn2)nc(NCCO)n1. The van der Waals surface area contributed by atoms with Gasteiger partial charge in [-0.15, -0.1) is 0 Å². The summed E-state index contributed by atoms with van der Waals surface area (Å²) in [5, 5.41) is 25.8. The van der Waals surface area contributed by atoms with E-state index < -0.39 is 16.4 Å². The number of nitrogens with zero attached hydrogens (tertiary/aromatic N) is 4. The molecule has 3 rings (SSSR count). The predicted molar refractivity (Wildman–Crippen MR) is 97.2 cm³/mol. The van der Waals surface area contributed by atoms with Crippen LogP contribution in [0, 0.1) is 15.9 Å². The van der Waals surface area contributed by atoms with E-state index in [2.05, 4.69) is 25.6 Å². The third-order valence-electron chi connectivity index (χ3n) is 3.47. The minimum atomic E-state index is -0.714. The molecule has 3 N–H and O–H groups in total. The summed E-state index contributed by atoms with van der Waals surface area (Å²) in [5.41, 5.74) is 0.708. The Bertz CT molecular complexity index is 955. The van der Waals surface area contributed by atoms with Crippen LogP contribution in [-0.4, -0.2) is 38.1 Å². The van der Waals surface area contributed by atoms with E-state index in [-0.39, 0.29) is 30.6 Å². The Morgan fingerprint density at radius 2 is 2.00 bits per heavy atom. The number of nitro benzene ring substituents is 1. The summed E-state index contributed by atoms with van der Waals surface area (Å²) >= 11 is 0. The monoisotopic (exact) mass is 370 g/mol. The van der Waals surface area contributed by atoms with Crippen molar-refractivity contribution in [3.8, 4) is 11.4 Å². The van der Waals surface area contributed by atoms with Gasteiger partial charge in [0.05, 0.1) is 29.0 Å². The van der Waals surface area contributed by atoms with Gasteiger partial charge in [-0.05, 0) is 24.3 Å². The zero-order valence-corrected chi connectivity index (χ0v) is 14.0. The van der Waals surface area contributed by atoms with Gasteiger partial charge < -0.3 is 15.7 Å². The van der Waals surface area contributed by atoms with Crippen molar-refractivity contribution < 1.29 is 14.4 Å². The number of hydrogen-bond donors (Lipinski definition) is 3. The Morgan fingerprint density at radius 3 is 2.70 bits per heavy atom. The summed E-state index contributed by atoms with van der Waals surface area (Å²) in [5.74, 6) is -0.255. The van der Waals surface area contributed by atoms with Gasteiger partial charge in [0.25, 0.3) is 5.69 Å². The van der Waals surface area contributed by atoms with Crippen molar-refractivity contribution >= 4 is 23.1 Å². The lowest BCUT2D eigenvalue weighted by atomic mass is 10.2. The molecule has 0 saturated carbocycles. The topological polar surface area (TPSA) is 126 Å². The molecule has 0 aliphatic heterocycles. The molecule has 9 nitrogen and oxygen atoms in total. The molecule has 0 aliphatic carbocycles. The Hall–Kier alpha value is -3.66. The minimum absolute atomic E-state index is 0.0835. The summed E-state index contributed by atoms with van der Waals surface area (Å²) in [4.78, 5) is 23.3. The quantitative estimate of drug-likeness (QED) is 0.428. The van der Waals surface area contributed by atoms with Crippen molar-refractivity contribution in [1.82, 2.24) is 15.0 Å². The number of halogens is 1. The first kappa shape index (κ1) is 18.1. The summed E-state index contributed by atoms with van der Waals surface area (Å²) in [6.07, 6.45) is 1.61. The molecule has 1 aromatic carbocycles. The first-order valence-electron chi connectivity index (χ1n) is 7.93. The number of aliphatic hydroxyl groups excluding tert-OH is 1. The molecule has 138 valence electrons. The number of pyridine rings is 1. The molecule has 0 radical (unpaired) electrons. The molecule has 27 heavy (non-hydrogen) atoms. The van der Waals surface area contributed by atoms with E-state index >= 15 is 0 Å². The van der Waals surface area contributed by atoms with Crippen LogP contribution in [0.1, 0.15) is 0 Å². The molecule has 0 atom stereocenters. The minimum Gasteiger partial charge on any atom is -0.395 e. The normalized spacial score (nSPS) is 10.4. The van der Waals surface area contributed by atoms with Gasteiger partial charge in [0.15, 0.2) is 0 Å². The molecular formula is C17H15FN6O3. The van der Waals surface area contributed by atoms with Gasteiger partial charge in [0.2, 0.25) is 5.95 Å². The molecule has 0 fully saturated rings. The molecule has 3 aromatic rings. The fourth-order valence-corrected chi connectivity index (χ4v) is 2.30. The highest BCUT2D eigenvalue weighted by Gasteiger charge is 2.16. The van der Waals surface area contributed by atoms with E-state index in [0.717, 1.165) is 12.1 Å². The molecule has 2 aromatic heterocycles. The van der Waals surface area contributed by atoms with Crippen LogP contribution < -0.4 is 10.6 Å². The second kappa shape index (κ2) is 8.15. The van der Waals surface area contributed by atoms with Crippen molar-refractivity contribution in [1.29, 1.82) is 0 Å². The number of aliphatic hydroxyl groups is 1. The van der Waals surface area contributed by atoms with Crippen LogP contribution in [0.3, 0.4) is 0 Å². The number of benzene rings is 1. The highest BCUT2D eigenvalue weighted by Crippen LogP contribution is 2.29. The van der Waals surface area contributed by atoms with Crippen molar-refractivity contribution in [2.75, 3.05) is 23.8 Å². The molecule has 2 heterocycles. The van der Waals surface area contributed by atoms with Crippen LogP contribution in [0.15, 0.2) is 48.7 Å². The van der Waals surface area contributed by atoms with Gasteiger partial charge in [0.1, 0.15) is 17.3 Å². The maximum atomic E-state index is 13.3. The molecule has 0 amide bonds. The lowest BCUT2D eigenvalue weighted by Gasteiger charge is -2.11. The summed E-state index contributed by atoms with van der Waals surface area (Å²) < 4.78 is 13.3. The van der Waals surface area contributed by atoms with Crippen molar-refractivity contribution in [3.05, 3.63) is 64.6 Å². The molecule has 0 unspecified atom stereocenters. The number of aromatic nitrogens is 3. The zero-order chi connectivity index (χ0) is 19.2. The van der Waals surface area contributed by atoms with Crippen LogP contribution in [0.2, 0.25) is 0 Å². The fraction of sp³-hybridized carbons (Fsp3) is 0.118. The number of nitro groups is 1. The molecule has 10 heteroatoms. The first-order valence-corrected chi connectivity index (χ1v) is 7.93. The zero-order valence-electron chi connectivity index (χ0n) is 14.0. The van der Waals surface area contributed by atoms with Gasteiger partial charge in [-0.3, -0.25) is 15.1 Å². The number of anilines is 3. The lowest BCUT2D eigenvalue weighted by molar-refractivity contribution is -0.384. The molecule has 0 spiro atoms. The summed E-state index contributed by atoms with van der Waals surface area (Å²) in [6, 6.07) is 10.1. The first-order chi connectivity index (χ1) is 13.1. The van der Waals surface area contributed by atoms with Gasteiger partial charge in [0, 0.05) is 18.8 Å². The van der Waals surface area contributed by atoms with E-state index in [0.29, 0.717) is 11.4 Å². The van der Waals surface area contributed by atoms with Crippen LogP contribution in [0.5, 0.6) is 0 Å². The molecule has 0 bridgehead atoms. The predicted octanol–water partition coefficient (Wildman–Crippen LogP) is 2.73. The van der Waals surface area contributed by atoms with Crippen LogP contribution >= 0.6 is 0 Å². The maximum Gasteiger partial charge on any atom is 0.295 e. The van der Waals surface area contributed by atoms with E-state index in [1.165, 1.54) is 6.07 Å². The average molecular weight is 370 g/mol. The fourth-order valence-electron chi connectivity index (χ4n) is 2.30. The van der Waals surface area contributed by atoms with Crippen molar-refractivity contribution in [2.24, 2.45) is 0 Å².